The summed E-state index contributed by atoms with van der Waals surface area (Å²) in [4.78, 5) is 24.0. The van der Waals surface area contributed by atoms with Crippen LogP contribution >= 0.6 is 0 Å². The molecule has 1 amide bonds. The second-order valence-electron chi connectivity index (χ2n) is 8.94. The monoisotopic (exact) mass is 488 g/mol. The van der Waals surface area contributed by atoms with Crippen LogP contribution in [0.4, 0.5) is 26.6 Å². The molecule has 3 N–H and O–H groups in total. The highest BCUT2D eigenvalue weighted by atomic mass is 19.1. The predicted molar refractivity (Wildman–Crippen MR) is 125 cm³/mol. The van der Waals surface area contributed by atoms with Crippen molar-refractivity contribution < 1.29 is 19.0 Å². The van der Waals surface area contributed by atoms with Gasteiger partial charge in [0, 0.05) is 13.1 Å². The first-order valence-electron chi connectivity index (χ1n) is 11.6. The molecular formula is C21H29FN10O3. The first-order chi connectivity index (χ1) is 16.9. The minimum Gasteiger partial charge on any atom is -0.478 e. The molecule has 0 saturated carbocycles. The Bertz CT molecular complexity index is 1230. The number of anilines is 3. The Morgan fingerprint density at radius 1 is 1.31 bits per heavy atom. The van der Waals surface area contributed by atoms with Gasteiger partial charge in [-0.2, -0.15) is 4.98 Å². The number of hydrogen-bond acceptors (Lipinski definition) is 9. The summed E-state index contributed by atoms with van der Waals surface area (Å²) in [5.74, 6) is 1.12. The molecule has 0 spiro atoms. The van der Waals surface area contributed by atoms with Crippen molar-refractivity contribution in [2.75, 3.05) is 50.6 Å². The molecule has 35 heavy (non-hydrogen) atoms. The maximum absolute atomic E-state index is 14.5. The third-order valence-corrected chi connectivity index (χ3v) is 6.51. The number of imidazole rings is 1. The molecule has 2 aliphatic heterocycles. The summed E-state index contributed by atoms with van der Waals surface area (Å²) in [7, 11) is 3.64. The van der Waals surface area contributed by atoms with Gasteiger partial charge in [0.05, 0.1) is 43.8 Å². The summed E-state index contributed by atoms with van der Waals surface area (Å²) in [6, 6.07) is -0.618. The Morgan fingerprint density at radius 2 is 2.14 bits per heavy atom. The van der Waals surface area contributed by atoms with Crippen LogP contribution in [-0.2, 0) is 6.42 Å². The van der Waals surface area contributed by atoms with Gasteiger partial charge < -0.3 is 30.3 Å². The number of alkyl halides is 1. The number of carboxylic acid groups (broad SMARTS) is 1. The lowest BCUT2D eigenvalue weighted by atomic mass is 10.2. The van der Waals surface area contributed by atoms with Crippen LogP contribution in [0.25, 0.3) is 5.65 Å². The molecule has 5 heterocycles. The van der Waals surface area contributed by atoms with E-state index in [1.165, 1.54) is 0 Å². The average molecular weight is 489 g/mol. The summed E-state index contributed by atoms with van der Waals surface area (Å²) in [5.41, 5.74) is 2.00. The molecule has 3 aromatic heterocycles. The normalized spacial score (nSPS) is 22.7. The molecule has 188 valence electrons. The lowest BCUT2D eigenvalue weighted by Crippen LogP contribution is -2.40. The lowest BCUT2D eigenvalue weighted by Gasteiger charge is -2.17. The number of carbonyl (C=O) groups is 1. The number of rotatable bonds is 7. The van der Waals surface area contributed by atoms with Gasteiger partial charge in [-0.1, -0.05) is 6.92 Å². The van der Waals surface area contributed by atoms with Gasteiger partial charge in [-0.3, -0.25) is 4.68 Å². The third kappa shape index (κ3) is 4.40. The van der Waals surface area contributed by atoms with E-state index in [2.05, 4.69) is 42.7 Å². The third-order valence-electron chi connectivity index (χ3n) is 6.51. The molecule has 0 aliphatic carbocycles. The number of amides is 1. The minimum atomic E-state index is -1.38. The Labute approximate surface area is 200 Å². The molecule has 3 atom stereocenters. The molecule has 2 fully saturated rings. The zero-order valence-corrected chi connectivity index (χ0v) is 19.8. The van der Waals surface area contributed by atoms with Crippen molar-refractivity contribution in [1.82, 2.24) is 39.6 Å². The number of halogens is 1. The highest BCUT2D eigenvalue weighted by Gasteiger charge is 2.36. The number of hydrogen-bond donors (Lipinski definition) is 3. The molecular weight excluding hydrogens is 459 g/mol. The lowest BCUT2D eigenvalue weighted by molar-refractivity contribution is 0.183. The number of aromatic nitrogens is 6. The number of ether oxygens (including phenoxy) is 1. The molecule has 13 nitrogen and oxygen atoms in total. The fourth-order valence-corrected chi connectivity index (χ4v) is 4.65. The van der Waals surface area contributed by atoms with Gasteiger partial charge in [-0.15, -0.1) is 10.2 Å². The van der Waals surface area contributed by atoms with Crippen molar-refractivity contribution in [2.24, 2.45) is 0 Å². The average Bonchev–Trinajstić information content (AvgIpc) is 3.60. The van der Waals surface area contributed by atoms with Gasteiger partial charge >= 0.3 is 6.09 Å². The highest BCUT2D eigenvalue weighted by molar-refractivity contribution is 5.73. The summed E-state index contributed by atoms with van der Waals surface area (Å²) in [5, 5.41) is 23.7. The van der Waals surface area contributed by atoms with E-state index in [1.54, 1.807) is 22.7 Å². The molecule has 0 aromatic carbocycles. The first-order valence-corrected chi connectivity index (χ1v) is 11.6. The number of likely N-dealkylation sites (tertiary alicyclic amines) is 1. The van der Waals surface area contributed by atoms with Gasteiger partial charge in [-0.05, 0) is 26.4 Å². The number of methoxy groups -OCH3 is 1. The molecule has 2 aliphatic rings. The number of fused-ring (bicyclic) bond motifs is 1. The zero-order valence-electron chi connectivity index (χ0n) is 19.8. The van der Waals surface area contributed by atoms with Crippen molar-refractivity contribution in [3.05, 3.63) is 18.1 Å². The van der Waals surface area contributed by atoms with Crippen molar-refractivity contribution in [3.8, 4) is 5.88 Å². The molecule has 2 saturated heterocycles. The molecule has 5 rings (SSSR count). The molecule has 3 aromatic rings. The fourth-order valence-electron chi connectivity index (χ4n) is 4.65. The van der Waals surface area contributed by atoms with E-state index in [9.17, 15) is 9.18 Å². The Hall–Kier alpha value is -3.68. The molecule has 14 heteroatoms. The maximum Gasteiger partial charge on any atom is 0.405 e. The van der Waals surface area contributed by atoms with Gasteiger partial charge in [0.25, 0.3) is 5.88 Å². The fraction of sp³-hybridized carbons (Fsp3) is 0.571. The van der Waals surface area contributed by atoms with Gasteiger partial charge in [0.2, 0.25) is 5.95 Å². The SMILES string of the molecule is CCc1cnc2c(Nc3cn(C4CCN(C)C4)nc3OC)nc(N3C[C@@H](F)[C@H](NC(=O)O)C3)nn12. The number of nitrogens with zero attached hydrogens (tertiary/aromatic N) is 8. The van der Waals surface area contributed by atoms with Crippen LogP contribution < -0.4 is 20.3 Å². The minimum absolute atomic E-state index is 0.0253. The van der Waals surface area contributed by atoms with Crippen LogP contribution in [0.2, 0.25) is 0 Å². The Morgan fingerprint density at radius 3 is 2.83 bits per heavy atom. The number of aryl methyl sites for hydroxylation is 1. The van der Waals surface area contributed by atoms with E-state index in [0.717, 1.165) is 25.2 Å². The Balaban J connectivity index is 1.49. The van der Waals surface area contributed by atoms with Gasteiger partial charge in [-0.25, -0.2) is 18.7 Å². The summed E-state index contributed by atoms with van der Waals surface area (Å²) in [6.07, 6.45) is 2.66. The zero-order chi connectivity index (χ0) is 24.7. The number of nitrogens with one attached hydrogen (secondary N) is 2. The van der Waals surface area contributed by atoms with Gasteiger partial charge in [0.1, 0.15) is 11.9 Å². The largest absolute Gasteiger partial charge is 0.478 e. The number of likely N-dealkylation sites (N-methyl/N-ethyl adjacent to an activating group) is 1. The van der Waals surface area contributed by atoms with Crippen molar-refractivity contribution in [3.63, 3.8) is 0 Å². The molecule has 0 bridgehead atoms. The molecule has 0 radical (unpaired) electrons. The summed E-state index contributed by atoms with van der Waals surface area (Å²) >= 11 is 0. The Kier molecular flexibility index (Phi) is 6.05. The standard InChI is InChI=1S/C21H29FN10O3/c1-4-12-7-23-18-17(24-16-11-31(27-19(16)35-3)13-5-6-29(2)8-13)26-20(28-32(12)18)30-9-14(22)15(10-30)25-21(33)34/h7,11,13-15,25H,4-6,8-10H2,1-3H3,(H,33,34)(H,24,26,28)/t13?,14-,15-/m1/s1. The predicted octanol–water partition coefficient (Wildman–Crippen LogP) is 1.31. The molecule has 1 unspecified atom stereocenters. The van der Waals surface area contributed by atoms with E-state index in [-0.39, 0.29) is 25.1 Å². The maximum atomic E-state index is 14.5. The van der Waals surface area contributed by atoms with Gasteiger partial charge in [0.15, 0.2) is 11.5 Å². The topological polar surface area (TPSA) is 138 Å². The van der Waals surface area contributed by atoms with E-state index < -0.39 is 18.3 Å². The van der Waals surface area contributed by atoms with Crippen LogP contribution in [0.15, 0.2) is 12.4 Å². The van der Waals surface area contributed by atoms with E-state index in [4.69, 9.17) is 9.84 Å². The van der Waals surface area contributed by atoms with E-state index in [0.29, 0.717) is 29.5 Å². The van der Waals surface area contributed by atoms with Crippen LogP contribution in [0, 0.1) is 0 Å². The smallest absolute Gasteiger partial charge is 0.405 e. The van der Waals surface area contributed by atoms with Crippen LogP contribution in [0.1, 0.15) is 25.1 Å². The quantitative estimate of drug-likeness (QED) is 0.446. The second kappa shape index (κ2) is 9.17. The van der Waals surface area contributed by atoms with E-state index in [1.807, 2.05) is 17.8 Å². The summed E-state index contributed by atoms with van der Waals surface area (Å²) < 4.78 is 23.6. The van der Waals surface area contributed by atoms with Crippen LogP contribution in [-0.4, -0.2) is 98.0 Å². The summed E-state index contributed by atoms with van der Waals surface area (Å²) in [6.45, 7) is 3.98. The second-order valence-corrected chi connectivity index (χ2v) is 8.94. The van der Waals surface area contributed by atoms with Crippen molar-refractivity contribution >= 4 is 29.2 Å². The van der Waals surface area contributed by atoms with Crippen molar-refractivity contribution in [2.45, 2.75) is 38.0 Å². The van der Waals surface area contributed by atoms with Crippen LogP contribution in [0.3, 0.4) is 0 Å². The highest BCUT2D eigenvalue weighted by Crippen LogP contribution is 2.31. The van der Waals surface area contributed by atoms with E-state index >= 15 is 0 Å². The first kappa shape index (κ1) is 23.1. The van der Waals surface area contributed by atoms with Crippen LogP contribution in [0.5, 0.6) is 5.88 Å². The van der Waals surface area contributed by atoms with Crippen molar-refractivity contribution in [1.29, 1.82) is 0 Å².